The molecule has 0 bridgehead atoms. The number of hydrogen-bond donors (Lipinski definition) is 2. The van der Waals surface area contributed by atoms with Crippen LogP contribution in [0.3, 0.4) is 0 Å². The van der Waals surface area contributed by atoms with Crippen molar-refractivity contribution in [1.29, 1.82) is 0 Å². The third-order valence-corrected chi connectivity index (χ3v) is 2.63. The van der Waals surface area contributed by atoms with Crippen LogP contribution in [0.5, 0.6) is 5.88 Å². The molecule has 8 heteroatoms. The molecule has 12 heavy (non-hydrogen) atoms. The second-order valence-electron chi connectivity index (χ2n) is 2.06. The van der Waals surface area contributed by atoms with Crippen molar-refractivity contribution in [2.75, 3.05) is 11.1 Å². The Balaban J connectivity index is 3.13. The number of aromatic hydroxyl groups is 1. The molecule has 68 valence electrons. The standard InChI is InChI=1S/C4H6N2O3S3/c1-12(8,9)5-6-3(7)2-11-4(6)10/h2,5,7H,1H3. The molecule has 0 aliphatic heterocycles. The van der Waals surface area contributed by atoms with E-state index in [4.69, 9.17) is 17.3 Å². The molecule has 1 aromatic rings. The zero-order chi connectivity index (χ0) is 9.35. The summed E-state index contributed by atoms with van der Waals surface area (Å²) in [6.07, 6.45) is 0.978. The Hall–Kier alpha value is -0.600. The van der Waals surface area contributed by atoms with Gasteiger partial charge in [-0.15, -0.1) is 11.3 Å². The minimum Gasteiger partial charge on any atom is -0.493 e. The summed E-state index contributed by atoms with van der Waals surface area (Å²) in [6.45, 7) is 0. The largest absolute Gasteiger partial charge is 0.493 e. The third-order valence-electron chi connectivity index (χ3n) is 0.934. The van der Waals surface area contributed by atoms with Crippen molar-refractivity contribution in [1.82, 2.24) is 4.68 Å². The lowest BCUT2D eigenvalue weighted by Gasteiger charge is -2.04. The van der Waals surface area contributed by atoms with Gasteiger partial charge in [-0.05, 0) is 12.2 Å². The summed E-state index contributed by atoms with van der Waals surface area (Å²) in [6, 6.07) is 0. The molecule has 0 fully saturated rings. The smallest absolute Gasteiger partial charge is 0.243 e. The first-order chi connectivity index (χ1) is 5.40. The molecule has 0 aliphatic rings. The summed E-state index contributed by atoms with van der Waals surface area (Å²) in [5.41, 5.74) is 0. The van der Waals surface area contributed by atoms with E-state index in [0.717, 1.165) is 22.3 Å². The van der Waals surface area contributed by atoms with Crippen LogP contribution in [0.25, 0.3) is 0 Å². The summed E-state index contributed by atoms with van der Waals surface area (Å²) >= 11 is 5.81. The first-order valence-corrected chi connectivity index (χ1v) is 5.95. The number of rotatable bonds is 2. The topological polar surface area (TPSA) is 71.3 Å². The Kier molecular flexibility index (Phi) is 2.40. The van der Waals surface area contributed by atoms with Crippen LogP contribution in [0, 0.1) is 3.95 Å². The third kappa shape index (κ3) is 2.19. The Labute approximate surface area is 78.3 Å². The highest BCUT2D eigenvalue weighted by atomic mass is 32.2. The van der Waals surface area contributed by atoms with E-state index in [1.807, 2.05) is 4.83 Å². The van der Waals surface area contributed by atoms with Crippen LogP contribution in [0.2, 0.25) is 0 Å². The van der Waals surface area contributed by atoms with Gasteiger partial charge < -0.3 is 5.11 Å². The maximum absolute atomic E-state index is 10.7. The highest BCUT2D eigenvalue weighted by molar-refractivity contribution is 7.91. The average Bonchev–Trinajstić information content (AvgIpc) is 2.16. The van der Waals surface area contributed by atoms with Gasteiger partial charge in [0.15, 0.2) is 3.95 Å². The van der Waals surface area contributed by atoms with E-state index in [9.17, 15) is 8.42 Å². The molecule has 1 rings (SSSR count). The molecular weight excluding hydrogens is 220 g/mol. The van der Waals surface area contributed by atoms with Gasteiger partial charge in [0.2, 0.25) is 15.9 Å². The van der Waals surface area contributed by atoms with Crippen LogP contribution < -0.4 is 4.83 Å². The predicted molar refractivity (Wildman–Crippen MR) is 49.0 cm³/mol. The number of hydrogen-bond acceptors (Lipinski definition) is 5. The average molecular weight is 226 g/mol. The van der Waals surface area contributed by atoms with Crippen LogP contribution in [0.4, 0.5) is 0 Å². The lowest BCUT2D eigenvalue weighted by Crippen LogP contribution is -2.20. The van der Waals surface area contributed by atoms with Crippen LogP contribution in [-0.2, 0) is 10.0 Å². The van der Waals surface area contributed by atoms with Crippen molar-refractivity contribution < 1.29 is 13.5 Å². The van der Waals surface area contributed by atoms with E-state index in [1.165, 1.54) is 5.38 Å². The Bertz CT molecular complexity index is 429. The van der Waals surface area contributed by atoms with Gasteiger partial charge in [0.05, 0.1) is 11.6 Å². The Morgan fingerprint density at radius 3 is 2.67 bits per heavy atom. The number of nitrogens with zero attached hydrogens (tertiary/aromatic N) is 1. The number of sulfonamides is 1. The first-order valence-electron chi connectivity index (χ1n) is 2.77. The van der Waals surface area contributed by atoms with Gasteiger partial charge in [0.25, 0.3) is 0 Å². The summed E-state index contributed by atoms with van der Waals surface area (Å²) in [7, 11) is -3.40. The van der Waals surface area contributed by atoms with Crippen molar-refractivity contribution in [2.45, 2.75) is 0 Å². The molecule has 0 saturated carbocycles. The summed E-state index contributed by atoms with van der Waals surface area (Å²) in [4.78, 5) is 2.04. The van der Waals surface area contributed by atoms with Gasteiger partial charge >= 0.3 is 0 Å². The van der Waals surface area contributed by atoms with E-state index in [-0.39, 0.29) is 9.83 Å². The number of thiazole rings is 1. The van der Waals surface area contributed by atoms with E-state index in [1.54, 1.807) is 0 Å². The SMILES string of the molecule is CS(=O)(=O)Nn1c(O)csc1=S. The molecule has 0 radical (unpaired) electrons. The molecule has 1 aromatic heterocycles. The van der Waals surface area contributed by atoms with Crippen LogP contribution in [0.1, 0.15) is 0 Å². The summed E-state index contributed by atoms with van der Waals surface area (Å²) < 4.78 is 22.6. The lowest BCUT2D eigenvalue weighted by molar-refractivity contribution is 0.436. The van der Waals surface area contributed by atoms with Gasteiger partial charge in [-0.2, -0.15) is 4.68 Å². The number of nitrogens with one attached hydrogen (secondary N) is 1. The normalized spacial score (nSPS) is 11.4. The fraction of sp³-hybridized carbons (Fsp3) is 0.250. The van der Waals surface area contributed by atoms with Gasteiger partial charge in [0, 0.05) is 0 Å². The zero-order valence-electron chi connectivity index (χ0n) is 6.01. The van der Waals surface area contributed by atoms with E-state index >= 15 is 0 Å². The lowest BCUT2D eigenvalue weighted by atomic mass is 10.9. The van der Waals surface area contributed by atoms with Crippen molar-refractivity contribution >= 4 is 33.6 Å². The minimum atomic E-state index is -3.40. The quantitative estimate of drug-likeness (QED) is 0.720. The van der Waals surface area contributed by atoms with Gasteiger partial charge in [0.1, 0.15) is 0 Å². The molecule has 2 N–H and O–H groups in total. The molecule has 0 saturated heterocycles. The monoisotopic (exact) mass is 226 g/mol. The maximum Gasteiger partial charge on any atom is 0.243 e. The van der Waals surface area contributed by atoms with Crippen molar-refractivity contribution in [3.05, 3.63) is 9.33 Å². The van der Waals surface area contributed by atoms with Gasteiger partial charge in [-0.3, -0.25) is 0 Å². The predicted octanol–water partition coefficient (Wildman–Crippen LogP) is 0.488. The molecule has 0 aliphatic carbocycles. The zero-order valence-corrected chi connectivity index (χ0v) is 8.46. The Morgan fingerprint density at radius 2 is 2.33 bits per heavy atom. The molecule has 1 heterocycles. The van der Waals surface area contributed by atoms with Crippen LogP contribution in [-0.4, -0.2) is 24.5 Å². The molecule has 0 amide bonds. The fourth-order valence-corrected chi connectivity index (χ4v) is 2.02. The van der Waals surface area contributed by atoms with E-state index < -0.39 is 10.0 Å². The summed E-state index contributed by atoms with van der Waals surface area (Å²) in [5.74, 6) is -0.213. The van der Waals surface area contributed by atoms with E-state index in [2.05, 4.69) is 0 Å². The van der Waals surface area contributed by atoms with Gasteiger partial charge in [-0.25, -0.2) is 13.2 Å². The number of aromatic nitrogens is 1. The summed E-state index contributed by atoms with van der Waals surface area (Å²) in [5, 5.41) is 10.4. The maximum atomic E-state index is 10.7. The highest BCUT2D eigenvalue weighted by Gasteiger charge is 2.06. The molecule has 0 aromatic carbocycles. The fourth-order valence-electron chi connectivity index (χ4n) is 0.552. The second-order valence-corrected chi connectivity index (χ2v) is 5.29. The highest BCUT2D eigenvalue weighted by Crippen LogP contribution is 2.15. The molecule has 5 nitrogen and oxygen atoms in total. The molecule has 0 unspecified atom stereocenters. The van der Waals surface area contributed by atoms with Crippen molar-refractivity contribution in [3.8, 4) is 5.88 Å². The molecular formula is C4H6N2O3S3. The van der Waals surface area contributed by atoms with Crippen molar-refractivity contribution in [2.24, 2.45) is 0 Å². The van der Waals surface area contributed by atoms with Crippen LogP contribution >= 0.6 is 23.6 Å². The first kappa shape index (κ1) is 9.49. The Morgan fingerprint density at radius 1 is 1.75 bits per heavy atom. The second kappa shape index (κ2) is 3.04. The van der Waals surface area contributed by atoms with Crippen molar-refractivity contribution in [3.63, 3.8) is 0 Å². The van der Waals surface area contributed by atoms with Gasteiger partial charge in [-0.1, -0.05) is 0 Å². The molecule has 0 spiro atoms. The van der Waals surface area contributed by atoms with E-state index in [0.29, 0.717) is 0 Å². The molecule has 0 atom stereocenters. The minimum absolute atomic E-state index is 0.213. The van der Waals surface area contributed by atoms with Crippen LogP contribution in [0.15, 0.2) is 5.38 Å².